The third-order valence-corrected chi connectivity index (χ3v) is 8.80. The Labute approximate surface area is 249 Å². The molecule has 0 saturated heterocycles. The minimum atomic E-state index is -4.35. The maximum absolute atomic E-state index is 13.9. The number of nitrogens with zero attached hydrogens (tertiary/aromatic N) is 3. The number of nitro groups is 1. The molecule has 10 nitrogen and oxygen atoms in total. The van der Waals surface area contributed by atoms with Crippen LogP contribution in [0.15, 0.2) is 77.7 Å². The highest BCUT2D eigenvalue weighted by Gasteiger charge is 2.33. The van der Waals surface area contributed by atoms with Gasteiger partial charge in [-0.1, -0.05) is 66.9 Å². The number of nitro benzene ring substituents is 1. The van der Waals surface area contributed by atoms with Crippen LogP contribution in [0.4, 0.5) is 11.4 Å². The second-order valence-electron chi connectivity index (χ2n) is 9.19. The highest BCUT2D eigenvalue weighted by atomic mass is 35.5. The summed E-state index contributed by atoms with van der Waals surface area (Å²) in [5.41, 5.74) is 0.138. The molecule has 1 atom stereocenters. The minimum Gasteiger partial charge on any atom is -0.354 e. The number of hydrogen-bond donors (Lipinski definition) is 1. The Kier molecular flexibility index (Phi) is 11.1. The van der Waals surface area contributed by atoms with Gasteiger partial charge in [-0.2, -0.15) is 0 Å². The van der Waals surface area contributed by atoms with Gasteiger partial charge in [0.15, 0.2) is 0 Å². The SMILES string of the molecule is CCCCNC(=O)[C@@H](C)N(Cc1ccc(Cl)c(Cl)c1)C(=O)CN(c1cccc([N+](=O)[O-])c1)S(=O)(=O)c1ccccc1. The molecule has 3 rings (SSSR count). The van der Waals surface area contributed by atoms with Gasteiger partial charge in [0.25, 0.3) is 15.7 Å². The van der Waals surface area contributed by atoms with Gasteiger partial charge in [0.1, 0.15) is 12.6 Å². The summed E-state index contributed by atoms with van der Waals surface area (Å²) in [6, 6.07) is 16.2. The number of hydrogen-bond acceptors (Lipinski definition) is 6. The van der Waals surface area contributed by atoms with E-state index in [0.717, 1.165) is 23.2 Å². The molecule has 0 spiro atoms. The topological polar surface area (TPSA) is 130 Å². The number of non-ortho nitro benzene ring substituents is 1. The van der Waals surface area contributed by atoms with E-state index in [4.69, 9.17) is 23.2 Å². The number of amides is 2. The standard InChI is InChI=1S/C28H30Cl2N4O6S/c1-3-4-15-31-28(36)20(2)32(18-21-13-14-25(29)26(30)16-21)27(35)19-33(22-9-8-10-23(17-22)34(37)38)41(39,40)24-11-6-5-7-12-24/h5-14,16-17,20H,3-4,15,18-19H2,1-2H3,(H,31,36)/t20-/m1/s1. The molecule has 0 aliphatic carbocycles. The van der Waals surface area contributed by atoms with Crippen LogP contribution >= 0.6 is 23.2 Å². The van der Waals surface area contributed by atoms with Crippen molar-refractivity contribution in [1.82, 2.24) is 10.2 Å². The van der Waals surface area contributed by atoms with Crippen LogP contribution in [-0.4, -0.2) is 49.2 Å². The number of unbranched alkanes of at least 4 members (excludes halogenated alkanes) is 1. The first-order chi connectivity index (χ1) is 19.4. The predicted octanol–water partition coefficient (Wildman–Crippen LogP) is 5.43. The molecule has 0 saturated carbocycles. The van der Waals surface area contributed by atoms with E-state index in [1.807, 2.05) is 6.92 Å². The first kappa shape index (κ1) is 31.9. The molecule has 3 aromatic rings. The van der Waals surface area contributed by atoms with Crippen LogP contribution in [0.25, 0.3) is 0 Å². The summed E-state index contributed by atoms with van der Waals surface area (Å²) in [5.74, 6) is -1.13. The van der Waals surface area contributed by atoms with Gasteiger partial charge in [-0.15, -0.1) is 0 Å². The lowest BCUT2D eigenvalue weighted by Gasteiger charge is -2.32. The second-order valence-corrected chi connectivity index (χ2v) is 11.9. The molecule has 2 amide bonds. The molecule has 0 heterocycles. The number of sulfonamides is 1. The fraction of sp³-hybridized carbons (Fsp3) is 0.286. The van der Waals surface area contributed by atoms with Crippen molar-refractivity contribution in [2.75, 3.05) is 17.4 Å². The van der Waals surface area contributed by atoms with E-state index in [9.17, 15) is 28.1 Å². The number of anilines is 1. The monoisotopic (exact) mass is 620 g/mol. The third-order valence-electron chi connectivity index (χ3n) is 6.27. The van der Waals surface area contributed by atoms with Crippen LogP contribution in [0.3, 0.4) is 0 Å². The molecule has 13 heteroatoms. The highest BCUT2D eigenvalue weighted by molar-refractivity contribution is 7.92. The Hall–Kier alpha value is -3.67. The summed E-state index contributed by atoms with van der Waals surface area (Å²) in [6.45, 7) is 3.13. The molecule has 0 aliphatic rings. The van der Waals surface area contributed by atoms with E-state index in [1.165, 1.54) is 47.4 Å². The first-order valence-corrected chi connectivity index (χ1v) is 15.0. The van der Waals surface area contributed by atoms with Crippen LogP contribution in [0.1, 0.15) is 32.3 Å². The molecular weight excluding hydrogens is 591 g/mol. The van der Waals surface area contributed by atoms with Crippen molar-refractivity contribution in [1.29, 1.82) is 0 Å². The van der Waals surface area contributed by atoms with Gasteiger partial charge in [-0.05, 0) is 49.2 Å². The fourth-order valence-corrected chi connectivity index (χ4v) is 5.71. The van der Waals surface area contributed by atoms with Crippen molar-refractivity contribution < 1.29 is 22.9 Å². The van der Waals surface area contributed by atoms with Crippen molar-refractivity contribution in [3.05, 3.63) is 98.5 Å². The number of carbonyl (C=O) groups is 2. The van der Waals surface area contributed by atoms with E-state index < -0.39 is 39.3 Å². The molecule has 218 valence electrons. The molecule has 41 heavy (non-hydrogen) atoms. The zero-order chi connectivity index (χ0) is 30.2. The van der Waals surface area contributed by atoms with Crippen LogP contribution in [0.2, 0.25) is 10.0 Å². The Morgan fingerprint density at radius 1 is 1.00 bits per heavy atom. The molecular formula is C28H30Cl2N4O6S. The van der Waals surface area contributed by atoms with Crippen molar-refractivity contribution in [3.63, 3.8) is 0 Å². The van der Waals surface area contributed by atoms with E-state index in [-0.39, 0.29) is 27.8 Å². The van der Waals surface area contributed by atoms with Gasteiger partial charge in [-0.3, -0.25) is 24.0 Å². The second kappa shape index (κ2) is 14.3. The number of carbonyl (C=O) groups excluding carboxylic acids is 2. The van der Waals surface area contributed by atoms with Crippen molar-refractivity contribution >= 4 is 56.4 Å². The zero-order valence-corrected chi connectivity index (χ0v) is 24.8. The maximum Gasteiger partial charge on any atom is 0.271 e. The first-order valence-electron chi connectivity index (χ1n) is 12.8. The Morgan fingerprint density at radius 2 is 1.71 bits per heavy atom. The maximum atomic E-state index is 13.9. The average Bonchev–Trinajstić information content (AvgIpc) is 2.96. The summed E-state index contributed by atoms with van der Waals surface area (Å²) in [6.07, 6.45) is 1.60. The Balaban J connectivity index is 2.04. The summed E-state index contributed by atoms with van der Waals surface area (Å²) < 4.78 is 28.3. The van der Waals surface area contributed by atoms with Crippen LogP contribution in [-0.2, 0) is 26.2 Å². The van der Waals surface area contributed by atoms with E-state index in [2.05, 4.69) is 5.32 Å². The van der Waals surface area contributed by atoms with Crippen molar-refractivity contribution in [3.8, 4) is 0 Å². The molecule has 1 N–H and O–H groups in total. The minimum absolute atomic E-state index is 0.0771. The van der Waals surface area contributed by atoms with Crippen molar-refractivity contribution in [2.45, 2.75) is 44.2 Å². The van der Waals surface area contributed by atoms with E-state index >= 15 is 0 Å². The van der Waals surface area contributed by atoms with Crippen LogP contribution < -0.4 is 9.62 Å². The van der Waals surface area contributed by atoms with Gasteiger partial charge in [0.05, 0.1) is 25.6 Å². The van der Waals surface area contributed by atoms with Gasteiger partial charge >= 0.3 is 0 Å². The predicted molar refractivity (Wildman–Crippen MR) is 158 cm³/mol. The molecule has 0 unspecified atom stereocenters. The van der Waals surface area contributed by atoms with Crippen molar-refractivity contribution in [2.24, 2.45) is 0 Å². The number of halogens is 2. The third kappa shape index (κ3) is 8.18. The van der Waals surface area contributed by atoms with Gasteiger partial charge in [0, 0.05) is 25.2 Å². The number of rotatable bonds is 13. The smallest absolute Gasteiger partial charge is 0.271 e. The lowest BCUT2D eigenvalue weighted by atomic mass is 10.1. The van der Waals surface area contributed by atoms with Gasteiger partial charge in [0.2, 0.25) is 11.8 Å². The molecule has 0 radical (unpaired) electrons. The van der Waals surface area contributed by atoms with Crippen LogP contribution in [0, 0.1) is 10.1 Å². The Morgan fingerprint density at radius 3 is 2.34 bits per heavy atom. The fourth-order valence-electron chi connectivity index (χ4n) is 3.96. The summed E-state index contributed by atoms with van der Waals surface area (Å²) in [5, 5.41) is 14.8. The summed E-state index contributed by atoms with van der Waals surface area (Å²) >= 11 is 12.2. The zero-order valence-electron chi connectivity index (χ0n) is 22.5. The lowest BCUT2D eigenvalue weighted by Crippen LogP contribution is -2.51. The molecule has 0 aliphatic heterocycles. The van der Waals surface area contributed by atoms with Crippen LogP contribution in [0.5, 0.6) is 0 Å². The normalized spacial score (nSPS) is 11.9. The largest absolute Gasteiger partial charge is 0.354 e. The average molecular weight is 622 g/mol. The number of benzene rings is 3. The Bertz CT molecular complexity index is 1500. The van der Waals surface area contributed by atoms with E-state index in [0.29, 0.717) is 17.1 Å². The highest BCUT2D eigenvalue weighted by Crippen LogP contribution is 2.28. The molecule has 3 aromatic carbocycles. The summed E-state index contributed by atoms with van der Waals surface area (Å²) in [4.78, 5) is 38.8. The molecule has 0 aromatic heterocycles. The molecule has 0 bridgehead atoms. The van der Waals surface area contributed by atoms with E-state index in [1.54, 1.807) is 31.2 Å². The quantitative estimate of drug-likeness (QED) is 0.154. The number of nitrogens with one attached hydrogen (secondary N) is 1. The molecule has 0 fully saturated rings. The van der Waals surface area contributed by atoms with Gasteiger partial charge < -0.3 is 10.2 Å². The lowest BCUT2D eigenvalue weighted by molar-refractivity contribution is -0.384. The van der Waals surface area contributed by atoms with Gasteiger partial charge in [-0.25, -0.2) is 8.42 Å². The summed E-state index contributed by atoms with van der Waals surface area (Å²) in [7, 11) is -4.35.